The van der Waals surface area contributed by atoms with E-state index in [9.17, 15) is 13.2 Å². The van der Waals surface area contributed by atoms with E-state index < -0.39 is 12.8 Å². The standard InChI is InChI=1S/C13H18F3NO/c1-10-3-2-4-11(7-10)12(8-17)5-6-18-9-13(14,15)16/h2-4,7,12H,5-6,8-9,17H2,1H3. The summed E-state index contributed by atoms with van der Waals surface area (Å²) >= 11 is 0. The molecule has 1 rings (SSSR count). The van der Waals surface area contributed by atoms with Crippen LogP contribution in [0, 0.1) is 6.92 Å². The predicted octanol–water partition coefficient (Wildman–Crippen LogP) is 3.01. The smallest absolute Gasteiger partial charge is 0.372 e. The Morgan fingerprint density at radius 1 is 1.33 bits per heavy atom. The fourth-order valence-corrected chi connectivity index (χ4v) is 1.76. The number of ether oxygens (including phenoxy) is 1. The molecule has 1 unspecified atom stereocenters. The first-order valence-corrected chi connectivity index (χ1v) is 5.83. The molecule has 0 spiro atoms. The summed E-state index contributed by atoms with van der Waals surface area (Å²) in [6.07, 6.45) is -3.77. The molecule has 0 saturated heterocycles. The number of rotatable bonds is 6. The minimum atomic E-state index is -4.26. The molecule has 0 bridgehead atoms. The number of hydrogen-bond donors (Lipinski definition) is 1. The molecule has 18 heavy (non-hydrogen) atoms. The van der Waals surface area contributed by atoms with Crippen LogP contribution in [0.2, 0.25) is 0 Å². The van der Waals surface area contributed by atoms with Gasteiger partial charge in [0.2, 0.25) is 0 Å². The summed E-state index contributed by atoms with van der Waals surface area (Å²) in [4.78, 5) is 0. The molecular formula is C13H18F3NO. The van der Waals surface area contributed by atoms with Crippen LogP contribution in [0.4, 0.5) is 13.2 Å². The molecule has 0 radical (unpaired) electrons. The van der Waals surface area contributed by atoms with E-state index in [-0.39, 0.29) is 12.5 Å². The average Bonchev–Trinajstić information content (AvgIpc) is 2.27. The van der Waals surface area contributed by atoms with Gasteiger partial charge in [-0.15, -0.1) is 0 Å². The van der Waals surface area contributed by atoms with Crippen molar-refractivity contribution >= 4 is 0 Å². The van der Waals surface area contributed by atoms with E-state index in [1.54, 1.807) is 0 Å². The lowest BCUT2D eigenvalue weighted by molar-refractivity contribution is -0.174. The molecule has 0 heterocycles. The molecule has 0 aliphatic carbocycles. The lowest BCUT2D eigenvalue weighted by Crippen LogP contribution is -2.20. The molecule has 0 amide bonds. The Kier molecular flexibility index (Phi) is 5.62. The molecule has 0 saturated carbocycles. The molecule has 0 aromatic heterocycles. The van der Waals surface area contributed by atoms with Crippen LogP contribution in [-0.2, 0) is 4.74 Å². The van der Waals surface area contributed by atoms with Gasteiger partial charge in [-0.3, -0.25) is 0 Å². The zero-order chi connectivity index (χ0) is 13.6. The van der Waals surface area contributed by atoms with Gasteiger partial charge in [-0.25, -0.2) is 0 Å². The van der Waals surface area contributed by atoms with Gasteiger partial charge in [0.05, 0.1) is 0 Å². The van der Waals surface area contributed by atoms with Crippen LogP contribution < -0.4 is 5.73 Å². The van der Waals surface area contributed by atoms with E-state index in [0.717, 1.165) is 11.1 Å². The second kappa shape index (κ2) is 6.75. The van der Waals surface area contributed by atoms with Crippen molar-refractivity contribution < 1.29 is 17.9 Å². The van der Waals surface area contributed by atoms with Crippen LogP contribution in [0.3, 0.4) is 0 Å². The summed E-state index contributed by atoms with van der Waals surface area (Å²) in [6.45, 7) is 1.24. The SMILES string of the molecule is Cc1cccc(C(CN)CCOCC(F)(F)F)c1. The van der Waals surface area contributed by atoms with Gasteiger partial charge in [-0.2, -0.15) is 13.2 Å². The molecule has 0 aliphatic heterocycles. The summed E-state index contributed by atoms with van der Waals surface area (Å²) in [6, 6.07) is 7.83. The molecule has 1 aromatic rings. The van der Waals surface area contributed by atoms with E-state index in [1.807, 2.05) is 31.2 Å². The maximum Gasteiger partial charge on any atom is 0.411 e. The van der Waals surface area contributed by atoms with Gasteiger partial charge < -0.3 is 10.5 Å². The Morgan fingerprint density at radius 3 is 2.61 bits per heavy atom. The number of hydrogen-bond acceptors (Lipinski definition) is 2. The maximum atomic E-state index is 11.9. The predicted molar refractivity (Wildman–Crippen MR) is 64.5 cm³/mol. The molecule has 2 N–H and O–H groups in total. The molecule has 0 aliphatic rings. The van der Waals surface area contributed by atoms with Crippen LogP contribution in [0.1, 0.15) is 23.5 Å². The Hall–Kier alpha value is -1.07. The van der Waals surface area contributed by atoms with Gasteiger partial charge in [0.15, 0.2) is 0 Å². The van der Waals surface area contributed by atoms with Gasteiger partial charge in [-0.05, 0) is 31.4 Å². The Balaban J connectivity index is 2.43. The zero-order valence-electron chi connectivity index (χ0n) is 10.3. The van der Waals surface area contributed by atoms with Crippen molar-refractivity contribution in [1.82, 2.24) is 0 Å². The van der Waals surface area contributed by atoms with Crippen molar-refractivity contribution in [2.45, 2.75) is 25.4 Å². The monoisotopic (exact) mass is 261 g/mol. The molecular weight excluding hydrogens is 243 g/mol. The van der Waals surface area contributed by atoms with Gasteiger partial charge in [0.25, 0.3) is 0 Å². The molecule has 1 atom stereocenters. The summed E-state index contributed by atoms with van der Waals surface area (Å²) in [5.41, 5.74) is 7.81. The summed E-state index contributed by atoms with van der Waals surface area (Å²) in [5.74, 6) is 0.0399. The van der Waals surface area contributed by atoms with Crippen molar-refractivity contribution in [2.24, 2.45) is 5.73 Å². The largest absolute Gasteiger partial charge is 0.411 e. The fraction of sp³-hybridized carbons (Fsp3) is 0.538. The lowest BCUT2D eigenvalue weighted by Gasteiger charge is -2.16. The van der Waals surface area contributed by atoms with Crippen LogP contribution >= 0.6 is 0 Å². The van der Waals surface area contributed by atoms with Crippen LogP contribution in [0.5, 0.6) is 0 Å². The highest BCUT2D eigenvalue weighted by atomic mass is 19.4. The Morgan fingerprint density at radius 2 is 2.06 bits per heavy atom. The number of benzene rings is 1. The van der Waals surface area contributed by atoms with Crippen LogP contribution in [0.25, 0.3) is 0 Å². The summed E-state index contributed by atoms with van der Waals surface area (Å²) in [7, 11) is 0. The first kappa shape index (κ1) is 15.0. The quantitative estimate of drug-likeness (QED) is 0.799. The van der Waals surface area contributed by atoms with Crippen molar-refractivity contribution in [3.8, 4) is 0 Å². The second-order valence-electron chi connectivity index (χ2n) is 4.30. The van der Waals surface area contributed by atoms with Gasteiger partial charge in [0, 0.05) is 6.61 Å². The normalized spacial score (nSPS) is 13.6. The van der Waals surface area contributed by atoms with Crippen molar-refractivity contribution in [1.29, 1.82) is 0 Å². The van der Waals surface area contributed by atoms with E-state index in [2.05, 4.69) is 4.74 Å². The minimum absolute atomic E-state index is 0.0399. The Bertz CT molecular complexity index is 365. The average molecular weight is 261 g/mol. The first-order chi connectivity index (χ1) is 8.42. The van der Waals surface area contributed by atoms with E-state index in [4.69, 9.17) is 5.73 Å². The van der Waals surface area contributed by atoms with E-state index >= 15 is 0 Å². The summed E-state index contributed by atoms with van der Waals surface area (Å²) < 4.78 is 40.3. The highest BCUT2D eigenvalue weighted by molar-refractivity contribution is 5.25. The van der Waals surface area contributed by atoms with Gasteiger partial charge >= 0.3 is 6.18 Å². The molecule has 2 nitrogen and oxygen atoms in total. The topological polar surface area (TPSA) is 35.2 Å². The maximum absolute atomic E-state index is 11.9. The summed E-state index contributed by atoms with van der Waals surface area (Å²) in [5, 5.41) is 0. The fourth-order valence-electron chi connectivity index (χ4n) is 1.76. The van der Waals surface area contributed by atoms with Crippen molar-refractivity contribution in [2.75, 3.05) is 19.8 Å². The number of alkyl halides is 3. The van der Waals surface area contributed by atoms with Gasteiger partial charge in [-0.1, -0.05) is 29.8 Å². The third kappa shape index (κ3) is 5.51. The van der Waals surface area contributed by atoms with E-state index in [0.29, 0.717) is 13.0 Å². The molecule has 1 aromatic carbocycles. The minimum Gasteiger partial charge on any atom is -0.372 e. The van der Waals surface area contributed by atoms with Crippen LogP contribution in [-0.4, -0.2) is 25.9 Å². The highest BCUT2D eigenvalue weighted by Gasteiger charge is 2.27. The Labute approximate surface area is 105 Å². The zero-order valence-corrected chi connectivity index (χ0v) is 10.3. The first-order valence-electron chi connectivity index (χ1n) is 5.83. The molecule has 0 fully saturated rings. The molecule has 102 valence electrons. The van der Waals surface area contributed by atoms with Crippen LogP contribution in [0.15, 0.2) is 24.3 Å². The van der Waals surface area contributed by atoms with Crippen molar-refractivity contribution in [3.63, 3.8) is 0 Å². The molecule has 5 heteroatoms. The third-order valence-electron chi connectivity index (χ3n) is 2.67. The number of nitrogens with two attached hydrogens (primary N) is 1. The van der Waals surface area contributed by atoms with E-state index in [1.165, 1.54) is 0 Å². The lowest BCUT2D eigenvalue weighted by atomic mass is 9.95. The number of aryl methyl sites for hydroxylation is 1. The number of halogens is 3. The van der Waals surface area contributed by atoms with Crippen molar-refractivity contribution in [3.05, 3.63) is 35.4 Å². The second-order valence-corrected chi connectivity index (χ2v) is 4.30. The third-order valence-corrected chi connectivity index (χ3v) is 2.67. The van der Waals surface area contributed by atoms with Gasteiger partial charge in [0.1, 0.15) is 6.61 Å². The highest BCUT2D eigenvalue weighted by Crippen LogP contribution is 2.20.